The Bertz CT molecular complexity index is 826. The maximum atomic E-state index is 12.6. The molecule has 1 saturated carbocycles. The molecule has 23 heavy (non-hydrogen) atoms. The third kappa shape index (κ3) is 2.57. The Balaban J connectivity index is 1.94. The highest BCUT2D eigenvalue weighted by Crippen LogP contribution is 2.37. The molecule has 1 aliphatic carbocycles. The zero-order valence-electron chi connectivity index (χ0n) is 13.5. The van der Waals surface area contributed by atoms with E-state index in [9.17, 15) is 14.7 Å². The first-order chi connectivity index (χ1) is 10.9. The number of carbonyl (C=O) groups excluding carboxylic acids is 1. The van der Waals surface area contributed by atoms with E-state index in [0.29, 0.717) is 4.96 Å². The smallest absolute Gasteiger partial charge is 0.271 e. The molecule has 2 N–H and O–H groups in total. The van der Waals surface area contributed by atoms with E-state index in [2.05, 4.69) is 10.3 Å². The van der Waals surface area contributed by atoms with Gasteiger partial charge in [0.1, 0.15) is 5.56 Å². The molecule has 1 amide bonds. The molecule has 2 heterocycles. The summed E-state index contributed by atoms with van der Waals surface area (Å²) in [7, 11) is 0. The van der Waals surface area contributed by atoms with Crippen molar-refractivity contribution in [1.82, 2.24) is 14.7 Å². The van der Waals surface area contributed by atoms with Crippen LogP contribution in [0.2, 0.25) is 0 Å². The zero-order chi connectivity index (χ0) is 16.8. The van der Waals surface area contributed by atoms with Gasteiger partial charge in [0.05, 0.1) is 6.61 Å². The fourth-order valence-electron chi connectivity index (χ4n) is 3.24. The summed E-state index contributed by atoms with van der Waals surface area (Å²) < 4.78 is 1.49. The monoisotopic (exact) mass is 335 g/mol. The third-order valence-electron chi connectivity index (χ3n) is 5.01. The standard InChI is InChI=1S/C16H21N3O3S/c1-9-10(2)23-15-17-7-11(14(22)19(9)15)13(21)18-12-5-4-6-16(12,3)8-20/h7,12,20H,4-6,8H2,1-3H3,(H,18,21)/t12-,16-/m0/s1. The molecule has 2 atom stereocenters. The molecule has 124 valence electrons. The maximum absolute atomic E-state index is 12.6. The van der Waals surface area contributed by atoms with E-state index >= 15 is 0 Å². The number of hydrogen-bond donors (Lipinski definition) is 2. The Morgan fingerprint density at radius 1 is 1.57 bits per heavy atom. The van der Waals surface area contributed by atoms with Crippen molar-refractivity contribution in [3.8, 4) is 0 Å². The molecular weight excluding hydrogens is 314 g/mol. The third-order valence-corrected chi connectivity index (χ3v) is 6.08. The van der Waals surface area contributed by atoms with Gasteiger partial charge in [-0.15, -0.1) is 11.3 Å². The Morgan fingerprint density at radius 2 is 2.30 bits per heavy atom. The molecule has 0 spiro atoms. The van der Waals surface area contributed by atoms with Crippen molar-refractivity contribution >= 4 is 22.2 Å². The predicted molar refractivity (Wildman–Crippen MR) is 89.1 cm³/mol. The van der Waals surface area contributed by atoms with E-state index < -0.39 is 5.91 Å². The normalized spacial score (nSPS) is 24.3. The van der Waals surface area contributed by atoms with Gasteiger partial charge in [0.2, 0.25) is 0 Å². The number of aryl methyl sites for hydroxylation is 2. The van der Waals surface area contributed by atoms with Gasteiger partial charge < -0.3 is 10.4 Å². The van der Waals surface area contributed by atoms with Gasteiger partial charge in [-0.3, -0.25) is 14.0 Å². The number of thiazole rings is 1. The second kappa shape index (κ2) is 5.72. The highest BCUT2D eigenvalue weighted by Gasteiger charge is 2.39. The van der Waals surface area contributed by atoms with Gasteiger partial charge in [-0.05, 0) is 26.7 Å². The lowest BCUT2D eigenvalue weighted by Crippen LogP contribution is -2.46. The van der Waals surface area contributed by atoms with Crippen LogP contribution in [-0.4, -0.2) is 33.0 Å². The minimum absolute atomic E-state index is 0.0248. The summed E-state index contributed by atoms with van der Waals surface area (Å²) in [4.78, 5) is 31.0. The number of carbonyl (C=O) groups is 1. The molecule has 3 rings (SSSR count). The summed E-state index contributed by atoms with van der Waals surface area (Å²) in [6, 6.07) is -0.120. The molecule has 1 aliphatic rings. The van der Waals surface area contributed by atoms with Gasteiger partial charge in [-0.25, -0.2) is 4.98 Å². The van der Waals surface area contributed by atoms with Gasteiger partial charge in [-0.1, -0.05) is 13.3 Å². The molecule has 2 aromatic heterocycles. The summed E-state index contributed by atoms with van der Waals surface area (Å²) in [5.74, 6) is -0.410. The second-order valence-electron chi connectivity index (χ2n) is 6.57. The average Bonchev–Trinajstić information content (AvgIpc) is 3.02. The minimum Gasteiger partial charge on any atom is -0.396 e. The average molecular weight is 335 g/mol. The van der Waals surface area contributed by atoms with E-state index in [1.165, 1.54) is 21.9 Å². The van der Waals surface area contributed by atoms with Crippen molar-refractivity contribution in [2.45, 2.75) is 46.1 Å². The lowest BCUT2D eigenvalue weighted by Gasteiger charge is -2.29. The summed E-state index contributed by atoms with van der Waals surface area (Å²) in [5, 5.41) is 12.5. The SMILES string of the molecule is Cc1sc2ncc(C(=O)N[C@H]3CCC[C@@]3(C)CO)c(=O)n2c1C. The first kappa shape index (κ1) is 16.1. The Morgan fingerprint density at radius 3 is 3.00 bits per heavy atom. The fraction of sp³-hybridized carbons (Fsp3) is 0.562. The van der Waals surface area contributed by atoms with E-state index in [-0.39, 0.29) is 29.2 Å². The molecule has 1 fully saturated rings. The van der Waals surface area contributed by atoms with Crippen molar-refractivity contribution in [3.05, 3.63) is 32.7 Å². The zero-order valence-corrected chi connectivity index (χ0v) is 14.4. The maximum Gasteiger partial charge on any atom is 0.271 e. The molecule has 0 aromatic carbocycles. The largest absolute Gasteiger partial charge is 0.396 e. The summed E-state index contributed by atoms with van der Waals surface area (Å²) in [5.41, 5.74) is 0.213. The van der Waals surface area contributed by atoms with Crippen LogP contribution in [0.3, 0.4) is 0 Å². The van der Waals surface area contributed by atoms with Crippen LogP contribution < -0.4 is 10.9 Å². The van der Waals surface area contributed by atoms with Crippen molar-refractivity contribution in [3.63, 3.8) is 0 Å². The molecule has 0 saturated heterocycles. The van der Waals surface area contributed by atoms with Crippen LogP contribution in [0.25, 0.3) is 4.96 Å². The van der Waals surface area contributed by atoms with E-state index in [0.717, 1.165) is 29.8 Å². The summed E-state index contributed by atoms with van der Waals surface area (Å²) in [6.07, 6.45) is 4.00. The lowest BCUT2D eigenvalue weighted by atomic mass is 9.85. The van der Waals surface area contributed by atoms with Gasteiger partial charge in [0, 0.05) is 28.2 Å². The predicted octanol–water partition coefficient (Wildman–Crippen LogP) is 1.65. The van der Waals surface area contributed by atoms with Gasteiger partial charge in [0.15, 0.2) is 4.96 Å². The van der Waals surface area contributed by atoms with Crippen molar-refractivity contribution < 1.29 is 9.90 Å². The van der Waals surface area contributed by atoms with Crippen LogP contribution in [-0.2, 0) is 0 Å². The van der Waals surface area contributed by atoms with Crippen LogP contribution in [0.15, 0.2) is 11.0 Å². The van der Waals surface area contributed by atoms with Crippen LogP contribution in [0, 0.1) is 19.3 Å². The fourth-order valence-corrected chi connectivity index (χ4v) is 4.17. The number of aliphatic hydroxyl groups is 1. The van der Waals surface area contributed by atoms with Crippen LogP contribution >= 0.6 is 11.3 Å². The molecule has 0 unspecified atom stereocenters. The van der Waals surface area contributed by atoms with Gasteiger partial charge in [-0.2, -0.15) is 0 Å². The number of rotatable bonds is 3. The first-order valence-electron chi connectivity index (χ1n) is 7.77. The molecule has 0 bridgehead atoms. The van der Waals surface area contributed by atoms with E-state index in [1.54, 1.807) is 0 Å². The molecular formula is C16H21N3O3S. The highest BCUT2D eigenvalue weighted by atomic mass is 32.1. The topological polar surface area (TPSA) is 83.7 Å². The van der Waals surface area contributed by atoms with Gasteiger partial charge >= 0.3 is 0 Å². The van der Waals surface area contributed by atoms with Crippen LogP contribution in [0.5, 0.6) is 0 Å². The minimum atomic E-state index is -0.410. The number of fused-ring (bicyclic) bond motifs is 1. The molecule has 6 nitrogen and oxygen atoms in total. The number of amides is 1. The molecule has 0 radical (unpaired) electrons. The summed E-state index contributed by atoms with van der Waals surface area (Å²) in [6.45, 7) is 5.77. The molecule has 7 heteroatoms. The Labute approximate surface area is 138 Å². The quantitative estimate of drug-likeness (QED) is 0.893. The van der Waals surface area contributed by atoms with Gasteiger partial charge in [0.25, 0.3) is 11.5 Å². The van der Waals surface area contributed by atoms with E-state index in [1.807, 2.05) is 20.8 Å². The number of nitrogens with zero attached hydrogens (tertiary/aromatic N) is 2. The number of aliphatic hydroxyl groups excluding tert-OH is 1. The Kier molecular flexibility index (Phi) is 4.01. The number of nitrogens with one attached hydrogen (secondary N) is 1. The molecule has 0 aliphatic heterocycles. The number of aromatic nitrogens is 2. The van der Waals surface area contributed by atoms with Crippen molar-refractivity contribution in [1.29, 1.82) is 0 Å². The second-order valence-corrected chi connectivity index (χ2v) is 7.75. The summed E-state index contributed by atoms with van der Waals surface area (Å²) >= 11 is 1.44. The lowest BCUT2D eigenvalue weighted by molar-refractivity contribution is 0.0828. The van der Waals surface area contributed by atoms with Crippen molar-refractivity contribution in [2.75, 3.05) is 6.61 Å². The molecule has 2 aromatic rings. The first-order valence-corrected chi connectivity index (χ1v) is 8.58. The highest BCUT2D eigenvalue weighted by molar-refractivity contribution is 7.17. The van der Waals surface area contributed by atoms with Crippen LogP contribution in [0.1, 0.15) is 47.1 Å². The Hall–Kier alpha value is -1.73. The van der Waals surface area contributed by atoms with Crippen LogP contribution in [0.4, 0.5) is 0 Å². The number of hydrogen-bond acceptors (Lipinski definition) is 5. The van der Waals surface area contributed by atoms with Crippen molar-refractivity contribution in [2.24, 2.45) is 5.41 Å². The van der Waals surface area contributed by atoms with E-state index in [4.69, 9.17) is 0 Å².